The number of nitrogens with zero attached hydrogens (tertiary/aromatic N) is 1. The van der Waals surface area contributed by atoms with Gasteiger partial charge in [0.15, 0.2) is 0 Å². The SMILES string of the molecule is NC(=O)CCC(NC(=O)C(Cc1cnc[nH]1)NC(=O)C(CC(N)=O)NC(=O)C(N)Cc1ccc(O)cc1)C(=O)O. The van der Waals surface area contributed by atoms with Crippen LogP contribution in [0.2, 0.25) is 0 Å². The van der Waals surface area contributed by atoms with E-state index in [1.165, 1.54) is 24.7 Å². The highest BCUT2D eigenvalue weighted by molar-refractivity contribution is 5.96. The molecule has 2 rings (SSSR count). The third kappa shape index (κ3) is 10.4. The average Bonchev–Trinajstić information content (AvgIpc) is 3.39. The van der Waals surface area contributed by atoms with Crippen molar-refractivity contribution in [2.24, 2.45) is 17.2 Å². The van der Waals surface area contributed by atoms with Crippen LogP contribution in [0.5, 0.6) is 5.75 Å². The van der Waals surface area contributed by atoms with Crippen LogP contribution in [0.3, 0.4) is 0 Å². The zero-order valence-electron chi connectivity index (χ0n) is 21.3. The quantitative estimate of drug-likeness (QED) is 0.0996. The third-order valence-electron chi connectivity index (χ3n) is 5.67. The van der Waals surface area contributed by atoms with Crippen LogP contribution in [0.4, 0.5) is 0 Å². The summed E-state index contributed by atoms with van der Waals surface area (Å²) in [7, 11) is 0. The monoisotopic (exact) mass is 560 g/mol. The van der Waals surface area contributed by atoms with Crippen molar-refractivity contribution in [3.8, 4) is 5.75 Å². The molecule has 0 saturated carbocycles. The lowest BCUT2D eigenvalue weighted by atomic mass is 10.0. The fourth-order valence-corrected chi connectivity index (χ4v) is 3.58. The molecule has 2 aromatic rings. The zero-order valence-corrected chi connectivity index (χ0v) is 21.3. The number of hydrogen-bond acceptors (Lipinski definition) is 9. The number of benzene rings is 1. The normalized spacial score (nSPS) is 13.7. The first-order chi connectivity index (χ1) is 18.8. The first-order valence-electron chi connectivity index (χ1n) is 12.1. The topological polar surface area (TPSA) is 286 Å². The van der Waals surface area contributed by atoms with E-state index in [0.29, 0.717) is 11.3 Å². The number of aromatic nitrogens is 2. The molecule has 1 aromatic carbocycles. The number of imidazole rings is 1. The molecule has 0 aliphatic rings. The first kappa shape index (κ1) is 31.2. The smallest absolute Gasteiger partial charge is 0.326 e. The van der Waals surface area contributed by atoms with Gasteiger partial charge in [-0.25, -0.2) is 9.78 Å². The summed E-state index contributed by atoms with van der Waals surface area (Å²) in [6.07, 6.45) is 1.34. The molecule has 1 aromatic heterocycles. The van der Waals surface area contributed by atoms with E-state index in [0.717, 1.165) is 0 Å². The number of primary amides is 2. The standard InChI is InChI=1S/C24H32N8O8/c25-15(7-12-1-3-14(33)4-2-12)21(36)31-18(9-20(27)35)23(38)32-17(8-13-10-28-11-29-13)22(37)30-16(24(39)40)5-6-19(26)34/h1-4,10-11,15-18,33H,5-9,25H2,(H2,26,34)(H2,27,35)(H,28,29)(H,30,37)(H,31,36)(H,32,38)(H,39,40). The predicted octanol–water partition coefficient (Wildman–Crippen LogP) is -3.09. The highest BCUT2D eigenvalue weighted by Crippen LogP contribution is 2.11. The number of H-pyrrole nitrogens is 1. The molecule has 16 heteroatoms. The summed E-state index contributed by atoms with van der Waals surface area (Å²) in [6, 6.07) is 0.414. The van der Waals surface area contributed by atoms with Crippen LogP contribution in [0.25, 0.3) is 0 Å². The number of hydrogen-bond donors (Lipinski definition) is 9. The van der Waals surface area contributed by atoms with Gasteiger partial charge in [-0.3, -0.25) is 24.0 Å². The fourth-order valence-electron chi connectivity index (χ4n) is 3.58. The molecule has 216 valence electrons. The van der Waals surface area contributed by atoms with E-state index in [2.05, 4.69) is 25.9 Å². The van der Waals surface area contributed by atoms with E-state index < -0.39 is 66.1 Å². The van der Waals surface area contributed by atoms with Crippen molar-refractivity contribution >= 4 is 35.5 Å². The van der Waals surface area contributed by atoms with Gasteiger partial charge in [0.2, 0.25) is 29.5 Å². The summed E-state index contributed by atoms with van der Waals surface area (Å²) in [5, 5.41) is 25.8. The van der Waals surface area contributed by atoms with Gasteiger partial charge in [-0.05, 0) is 30.5 Å². The Kier molecular flexibility index (Phi) is 11.6. The second-order valence-corrected chi connectivity index (χ2v) is 8.96. The molecule has 0 spiro atoms. The average molecular weight is 561 g/mol. The Morgan fingerprint density at radius 1 is 0.850 bits per heavy atom. The molecular weight excluding hydrogens is 528 g/mol. The van der Waals surface area contributed by atoms with Crippen LogP contribution in [0.1, 0.15) is 30.5 Å². The van der Waals surface area contributed by atoms with E-state index in [9.17, 15) is 39.0 Å². The number of phenolic OH excluding ortho intramolecular Hbond substituents is 1. The Morgan fingerprint density at radius 2 is 1.45 bits per heavy atom. The van der Waals surface area contributed by atoms with E-state index in [4.69, 9.17) is 17.2 Å². The molecule has 4 atom stereocenters. The molecule has 0 fully saturated rings. The molecule has 1 heterocycles. The van der Waals surface area contributed by atoms with Crippen LogP contribution in [0.15, 0.2) is 36.8 Å². The summed E-state index contributed by atoms with van der Waals surface area (Å²) in [5.74, 6) is -5.78. The first-order valence-corrected chi connectivity index (χ1v) is 12.1. The van der Waals surface area contributed by atoms with Gasteiger partial charge in [-0.15, -0.1) is 0 Å². The van der Waals surface area contributed by atoms with E-state index in [1.807, 2.05) is 0 Å². The highest BCUT2D eigenvalue weighted by Gasteiger charge is 2.31. The van der Waals surface area contributed by atoms with Crippen molar-refractivity contribution in [3.63, 3.8) is 0 Å². The summed E-state index contributed by atoms with van der Waals surface area (Å²) < 4.78 is 0. The van der Waals surface area contributed by atoms with Gasteiger partial charge in [0.25, 0.3) is 0 Å². The van der Waals surface area contributed by atoms with Crippen molar-refractivity contribution in [2.75, 3.05) is 0 Å². The fraction of sp³-hybridized carbons (Fsp3) is 0.375. The zero-order chi connectivity index (χ0) is 29.8. The van der Waals surface area contributed by atoms with Crippen LogP contribution < -0.4 is 33.2 Å². The molecule has 0 radical (unpaired) electrons. The Morgan fingerprint density at radius 3 is 2.00 bits per heavy atom. The van der Waals surface area contributed by atoms with Crippen LogP contribution in [-0.2, 0) is 41.6 Å². The predicted molar refractivity (Wildman–Crippen MR) is 138 cm³/mol. The number of amides is 5. The number of carbonyl (C=O) groups excluding carboxylic acids is 5. The van der Waals surface area contributed by atoms with Crippen LogP contribution in [-0.4, -0.2) is 79.9 Å². The molecule has 0 aliphatic carbocycles. The minimum atomic E-state index is -1.52. The molecule has 12 N–H and O–H groups in total. The van der Waals surface area contributed by atoms with Gasteiger partial charge >= 0.3 is 5.97 Å². The van der Waals surface area contributed by atoms with E-state index >= 15 is 0 Å². The van der Waals surface area contributed by atoms with Gasteiger partial charge in [0, 0.05) is 24.7 Å². The number of carboxylic acid groups (broad SMARTS) is 1. The number of rotatable bonds is 16. The van der Waals surface area contributed by atoms with E-state index in [-0.39, 0.29) is 31.4 Å². The Labute approximate surface area is 228 Å². The third-order valence-corrected chi connectivity index (χ3v) is 5.67. The maximum Gasteiger partial charge on any atom is 0.326 e. The van der Waals surface area contributed by atoms with Crippen LogP contribution in [0, 0.1) is 0 Å². The molecule has 16 nitrogen and oxygen atoms in total. The summed E-state index contributed by atoms with van der Waals surface area (Å²) in [4.78, 5) is 79.7. The second kappa shape index (κ2) is 14.8. The molecule has 4 unspecified atom stereocenters. The molecule has 0 bridgehead atoms. The summed E-state index contributed by atoms with van der Waals surface area (Å²) in [5.41, 5.74) is 17.3. The van der Waals surface area contributed by atoms with Gasteiger partial charge in [0.1, 0.15) is 23.9 Å². The number of aromatic amines is 1. The summed E-state index contributed by atoms with van der Waals surface area (Å²) in [6.45, 7) is 0. The molecule has 40 heavy (non-hydrogen) atoms. The van der Waals surface area contributed by atoms with Gasteiger partial charge in [-0.2, -0.15) is 0 Å². The van der Waals surface area contributed by atoms with Crippen LogP contribution >= 0.6 is 0 Å². The number of aromatic hydroxyl groups is 1. The summed E-state index contributed by atoms with van der Waals surface area (Å²) >= 11 is 0. The molecule has 0 aliphatic heterocycles. The maximum atomic E-state index is 13.1. The number of phenols is 1. The largest absolute Gasteiger partial charge is 0.508 e. The van der Waals surface area contributed by atoms with Gasteiger partial charge in [0.05, 0.1) is 18.8 Å². The molecular formula is C24H32N8O8. The van der Waals surface area contributed by atoms with Crippen molar-refractivity contribution in [1.29, 1.82) is 0 Å². The number of nitrogens with one attached hydrogen (secondary N) is 4. The lowest BCUT2D eigenvalue weighted by Crippen LogP contribution is -2.58. The lowest BCUT2D eigenvalue weighted by molar-refractivity contribution is -0.142. The van der Waals surface area contributed by atoms with Gasteiger partial charge < -0.3 is 48.3 Å². The Balaban J connectivity index is 2.17. The molecule has 0 saturated heterocycles. The molecule has 5 amide bonds. The number of nitrogens with two attached hydrogens (primary N) is 3. The van der Waals surface area contributed by atoms with Crippen molar-refractivity contribution in [3.05, 3.63) is 48.0 Å². The van der Waals surface area contributed by atoms with Crippen molar-refractivity contribution < 1.29 is 39.0 Å². The van der Waals surface area contributed by atoms with Crippen molar-refractivity contribution in [2.45, 2.75) is 56.3 Å². The Hall–Kier alpha value is -4.99. The Bertz CT molecular complexity index is 1200. The lowest BCUT2D eigenvalue weighted by Gasteiger charge is -2.24. The number of aliphatic carboxylic acids is 1. The maximum absolute atomic E-state index is 13.1. The number of carboxylic acids is 1. The number of carbonyl (C=O) groups is 6. The minimum absolute atomic E-state index is 0.0243. The highest BCUT2D eigenvalue weighted by atomic mass is 16.4. The second-order valence-electron chi connectivity index (χ2n) is 8.96. The van der Waals surface area contributed by atoms with Crippen molar-refractivity contribution in [1.82, 2.24) is 25.9 Å². The van der Waals surface area contributed by atoms with Gasteiger partial charge in [-0.1, -0.05) is 12.1 Å². The van der Waals surface area contributed by atoms with E-state index in [1.54, 1.807) is 12.1 Å². The minimum Gasteiger partial charge on any atom is -0.508 e.